The molecular weight excluding hydrogens is 369 g/mol. The summed E-state index contributed by atoms with van der Waals surface area (Å²) in [7, 11) is 0. The van der Waals surface area contributed by atoms with Crippen LogP contribution in [0.25, 0.3) is 0 Å². The van der Waals surface area contributed by atoms with Crippen LogP contribution in [0.15, 0.2) is 48.5 Å². The van der Waals surface area contributed by atoms with Gasteiger partial charge < -0.3 is 15.4 Å². The predicted molar refractivity (Wildman–Crippen MR) is 104 cm³/mol. The molecule has 2 aromatic carbocycles. The van der Waals surface area contributed by atoms with Gasteiger partial charge in [-0.3, -0.25) is 0 Å². The van der Waals surface area contributed by atoms with Crippen LogP contribution >= 0.6 is 0 Å². The maximum Gasteiger partial charge on any atom is 0.418 e. The number of anilines is 1. The van der Waals surface area contributed by atoms with Crippen LogP contribution in [0.4, 0.5) is 23.7 Å². The van der Waals surface area contributed by atoms with E-state index in [1.54, 1.807) is 0 Å². The Morgan fingerprint density at radius 3 is 2.25 bits per heavy atom. The zero-order chi connectivity index (χ0) is 20.8. The van der Waals surface area contributed by atoms with Crippen LogP contribution in [-0.2, 0) is 11.6 Å². The number of hydrogen-bond acceptors (Lipinski definition) is 2. The third kappa shape index (κ3) is 6.48. The molecule has 4 nitrogen and oxygen atoms in total. The van der Waals surface area contributed by atoms with Gasteiger partial charge in [0.2, 0.25) is 0 Å². The van der Waals surface area contributed by atoms with E-state index < -0.39 is 17.8 Å². The average molecular weight is 394 g/mol. The van der Waals surface area contributed by atoms with Crippen LogP contribution in [-0.4, -0.2) is 19.2 Å². The molecular formula is C21H25F3N2O2. The van der Waals surface area contributed by atoms with E-state index in [1.807, 2.05) is 24.3 Å². The lowest BCUT2D eigenvalue weighted by Crippen LogP contribution is -2.31. The summed E-state index contributed by atoms with van der Waals surface area (Å²) < 4.78 is 44.4. The molecule has 0 fully saturated rings. The molecule has 28 heavy (non-hydrogen) atoms. The van der Waals surface area contributed by atoms with E-state index in [9.17, 15) is 18.0 Å². The maximum absolute atomic E-state index is 12.9. The minimum absolute atomic E-state index is 0.0700. The Bertz CT molecular complexity index is 781. The van der Waals surface area contributed by atoms with Gasteiger partial charge in [0.25, 0.3) is 0 Å². The van der Waals surface area contributed by atoms with E-state index in [0.29, 0.717) is 13.0 Å². The lowest BCUT2D eigenvalue weighted by Gasteiger charge is -2.19. The van der Waals surface area contributed by atoms with Gasteiger partial charge in [0.05, 0.1) is 17.9 Å². The first-order valence-electron chi connectivity index (χ1n) is 9.02. The van der Waals surface area contributed by atoms with Crippen LogP contribution in [0.2, 0.25) is 0 Å². The Balaban J connectivity index is 1.74. The number of urea groups is 1. The van der Waals surface area contributed by atoms with Gasteiger partial charge in [-0.25, -0.2) is 4.79 Å². The van der Waals surface area contributed by atoms with Crippen molar-refractivity contribution in [2.75, 3.05) is 18.5 Å². The first-order chi connectivity index (χ1) is 13.1. The summed E-state index contributed by atoms with van der Waals surface area (Å²) >= 11 is 0. The van der Waals surface area contributed by atoms with Gasteiger partial charge in [-0.15, -0.1) is 0 Å². The fraction of sp³-hybridized carbons (Fsp3) is 0.381. The molecule has 0 heterocycles. The van der Waals surface area contributed by atoms with E-state index in [-0.39, 0.29) is 17.6 Å². The van der Waals surface area contributed by atoms with Crippen molar-refractivity contribution < 1.29 is 22.7 Å². The zero-order valence-corrected chi connectivity index (χ0v) is 16.2. The van der Waals surface area contributed by atoms with Crippen molar-refractivity contribution in [2.24, 2.45) is 0 Å². The minimum Gasteiger partial charge on any atom is -0.494 e. The molecule has 0 saturated heterocycles. The van der Waals surface area contributed by atoms with Gasteiger partial charge in [0.1, 0.15) is 5.75 Å². The number of ether oxygens (including phenoxy) is 1. The van der Waals surface area contributed by atoms with Crippen LogP contribution in [0.3, 0.4) is 0 Å². The monoisotopic (exact) mass is 394 g/mol. The summed E-state index contributed by atoms with van der Waals surface area (Å²) in [5.74, 6) is 0.733. The number of rotatable bonds is 6. The number of carbonyl (C=O) groups excluding carboxylic acids is 1. The second-order valence-electron chi connectivity index (χ2n) is 7.40. The molecule has 0 aliphatic carbocycles. The summed E-state index contributed by atoms with van der Waals surface area (Å²) in [5.41, 5.74) is 0.118. The van der Waals surface area contributed by atoms with Crippen molar-refractivity contribution in [1.29, 1.82) is 0 Å². The summed E-state index contributed by atoms with van der Waals surface area (Å²) in [6.45, 7) is 7.06. The van der Waals surface area contributed by atoms with E-state index in [1.165, 1.54) is 23.8 Å². The lowest BCUT2D eigenvalue weighted by atomic mass is 9.87. The highest BCUT2D eigenvalue weighted by Crippen LogP contribution is 2.34. The fourth-order valence-corrected chi connectivity index (χ4v) is 2.52. The van der Waals surface area contributed by atoms with Crippen molar-refractivity contribution in [3.8, 4) is 5.75 Å². The van der Waals surface area contributed by atoms with Crippen molar-refractivity contribution in [3.05, 3.63) is 59.7 Å². The SMILES string of the molecule is CC(C)(C)c1ccc(OCCCNC(=O)Nc2ccccc2C(F)(F)F)cc1. The zero-order valence-electron chi connectivity index (χ0n) is 16.2. The normalized spacial score (nSPS) is 11.8. The quantitative estimate of drug-likeness (QED) is 0.627. The van der Waals surface area contributed by atoms with Crippen molar-refractivity contribution >= 4 is 11.7 Å². The second kappa shape index (κ2) is 8.99. The minimum atomic E-state index is -4.53. The first kappa shape index (κ1) is 21.6. The van der Waals surface area contributed by atoms with Gasteiger partial charge in [0.15, 0.2) is 0 Å². The highest BCUT2D eigenvalue weighted by atomic mass is 19.4. The van der Waals surface area contributed by atoms with Crippen LogP contribution in [0.5, 0.6) is 5.75 Å². The summed E-state index contributed by atoms with van der Waals surface area (Å²) in [5, 5.41) is 4.76. The van der Waals surface area contributed by atoms with Crippen LogP contribution < -0.4 is 15.4 Å². The largest absolute Gasteiger partial charge is 0.494 e. The van der Waals surface area contributed by atoms with E-state index >= 15 is 0 Å². The van der Waals surface area contributed by atoms with Crippen molar-refractivity contribution in [3.63, 3.8) is 0 Å². The Kier molecular flexibility index (Phi) is 6.94. The molecule has 0 saturated carbocycles. The molecule has 152 valence electrons. The molecule has 7 heteroatoms. The lowest BCUT2D eigenvalue weighted by molar-refractivity contribution is -0.136. The molecule has 0 spiro atoms. The van der Waals surface area contributed by atoms with Gasteiger partial charge in [0, 0.05) is 6.54 Å². The molecule has 2 amide bonds. The van der Waals surface area contributed by atoms with E-state index in [4.69, 9.17) is 4.74 Å². The molecule has 0 unspecified atom stereocenters. The molecule has 2 N–H and O–H groups in total. The number of benzene rings is 2. The fourth-order valence-electron chi connectivity index (χ4n) is 2.52. The Morgan fingerprint density at radius 1 is 1.00 bits per heavy atom. The maximum atomic E-state index is 12.9. The van der Waals surface area contributed by atoms with Crippen LogP contribution in [0, 0.1) is 0 Å². The number of halogens is 3. The standard InChI is InChI=1S/C21H25F3N2O2/c1-20(2,3)15-9-11-16(12-10-15)28-14-6-13-25-19(27)26-18-8-5-4-7-17(18)21(22,23)24/h4-5,7-12H,6,13-14H2,1-3H3,(H2,25,26,27). The smallest absolute Gasteiger partial charge is 0.418 e. The number of para-hydroxylation sites is 1. The van der Waals surface area contributed by atoms with E-state index in [2.05, 4.69) is 31.4 Å². The summed E-state index contributed by atoms with van der Waals surface area (Å²) in [4.78, 5) is 11.8. The van der Waals surface area contributed by atoms with Crippen molar-refractivity contribution in [1.82, 2.24) is 5.32 Å². The summed E-state index contributed by atoms with van der Waals surface area (Å²) in [6, 6.07) is 12.0. The van der Waals surface area contributed by atoms with Gasteiger partial charge >= 0.3 is 12.2 Å². The molecule has 0 aliphatic heterocycles. The molecule has 0 atom stereocenters. The Morgan fingerprint density at radius 2 is 1.64 bits per heavy atom. The molecule has 0 aromatic heterocycles. The van der Waals surface area contributed by atoms with Crippen molar-refractivity contribution in [2.45, 2.75) is 38.8 Å². The molecule has 2 aromatic rings. The number of nitrogens with one attached hydrogen (secondary N) is 2. The average Bonchev–Trinajstić information content (AvgIpc) is 2.60. The van der Waals surface area contributed by atoms with Gasteiger partial charge in [-0.1, -0.05) is 45.0 Å². The highest BCUT2D eigenvalue weighted by molar-refractivity contribution is 5.90. The second-order valence-corrected chi connectivity index (χ2v) is 7.40. The molecule has 0 bridgehead atoms. The molecule has 2 rings (SSSR count). The third-order valence-corrected chi connectivity index (χ3v) is 4.08. The molecule has 0 radical (unpaired) electrons. The van der Waals surface area contributed by atoms with Gasteiger partial charge in [-0.2, -0.15) is 13.2 Å². The third-order valence-electron chi connectivity index (χ3n) is 4.08. The van der Waals surface area contributed by atoms with E-state index in [0.717, 1.165) is 11.8 Å². The Labute approximate surface area is 163 Å². The summed E-state index contributed by atoms with van der Waals surface area (Å²) in [6.07, 6.45) is -4.00. The Hall–Kier alpha value is -2.70. The number of alkyl halides is 3. The number of carbonyl (C=O) groups is 1. The molecule has 0 aliphatic rings. The predicted octanol–water partition coefficient (Wildman–Crippen LogP) is 5.59. The number of hydrogen-bond donors (Lipinski definition) is 2. The van der Waals surface area contributed by atoms with Gasteiger partial charge in [-0.05, 0) is 41.7 Å². The van der Waals surface area contributed by atoms with Crippen LogP contribution in [0.1, 0.15) is 38.3 Å². The number of amides is 2. The highest BCUT2D eigenvalue weighted by Gasteiger charge is 2.33. The topological polar surface area (TPSA) is 50.4 Å². The first-order valence-corrected chi connectivity index (χ1v) is 9.02.